The van der Waals surface area contributed by atoms with E-state index in [1.807, 2.05) is 48.6 Å². The molecule has 4 nitrogen and oxygen atoms in total. The molecule has 110 valence electrons. The van der Waals surface area contributed by atoms with Crippen molar-refractivity contribution in [3.05, 3.63) is 78.0 Å². The monoisotopic (exact) mass is 299 g/mol. The van der Waals surface area contributed by atoms with Crippen LogP contribution in [-0.2, 0) is 0 Å². The average Bonchev–Trinajstić information content (AvgIpc) is 2.88. The number of aldehydes is 1. The summed E-state index contributed by atoms with van der Waals surface area (Å²) < 4.78 is 0. The second kappa shape index (κ2) is 5.50. The number of carbonyl (C=O) groups excluding carboxylic acids is 1. The first kappa shape index (κ1) is 13.4. The number of hydrogen-bond donors (Lipinski definition) is 1. The maximum Gasteiger partial charge on any atom is 0.150 e. The third-order valence-corrected chi connectivity index (χ3v) is 3.96. The molecule has 3 aromatic rings. The highest BCUT2D eigenvalue weighted by Gasteiger charge is 2.09. The van der Waals surface area contributed by atoms with Crippen LogP contribution in [0.15, 0.2) is 77.2 Å². The second-order valence-corrected chi connectivity index (χ2v) is 5.31. The average molecular weight is 299 g/mol. The number of carbonyl (C=O) groups is 1. The summed E-state index contributed by atoms with van der Waals surface area (Å²) in [7, 11) is 0. The molecule has 4 heteroatoms. The topological polar surface area (TPSA) is 53.8 Å². The van der Waals surface area contributed by atoms with Gasteiger partial charge in [-0.1, -0.05) is 41.6 Å². The number of benzene rings is 3. The van der Waals surface area contributed by atoms with Crippen LogP contribution in [-0.4, -0.2) is 6.29 Å². The molecule has 0 aliphatic carbocycles. The van der Waals surface area contributed by atoms with Gasteiger partial charge in [-0.25, -0.2) is 0 Å². The van der Waals surface area contributed by atoms with Crippen LogP contribution in [0.5, 0.6) is 0 Å². The number of rotatable bonds is 2. The molecule has 0 saturated heterocycles. The highest BCUT2D eigenvalue weighted by atomic mass is 16.1. The SMILES string of the molecule is O=Cc1cccc2cc3c(C4=CC=CNN=N4)cccc3cc12. The molecule has 1 aliphatic rings. The first-order valence-corrected chi connectivity index (χ1v) is 7.31. The van der Waals surface area contributed by atoms with Gasteiger partial charge in [0.25, 0.3) is 0 Å². The lowest BCUT2D eigenvalue weighted by molar-refractivity contribution is 0.112. The summed E-state index contributed by atoms with van der Waals surface area (Å²) in [6.45, 7) is 0. The lowest BCUT2D eigenvalue weighted by Gasteiger charge is -2.09. The predicted molar refractivity (Wildman–Crippen MR) is 92.0 cm³/mol. The number of hydrogen-bond acceptors (Lipinski definition) is 4. The summed E-state index contributed by atoms with van der Waals surface area (Å²) in [5.41, 5.74) is 5.24. The van der Waals surface area contributed by atoms with E-state index < -0.39 is 0 Å². The zero-order valence-corrected chi connectivity index (χ0v) is 12.2. The van der Waals surface area contributed by atoms with Gasteiger partial charge in [-0.15, -0.1) is 5.11 Å². The standard InChI is InChI=1S/C19H13N3O/c23-12-15-6-1-4-13-11-18-14(10-17(13)15)5-2-7-16(18)19-8-3-9-20-22-21-19/h1-12H,(H,20,21). The maximum atomic E-state index is 11.3. The van der Waals surface area contributed by atoms with Gasteiger partial charge in [0, 0.05) is 17.3 Å². The van der Waals surface area contributed by atoms with Gasteiger partial charge in [0.2, 0.25) is 0 Å². The van der Waals surface area contributed by atoms with Crippen molar-refractivity contribution >= 4 is 33.5 Å². The van der Waals surface area contributed by atoms with Gasteiger partial charge >= 0.3 is 0 Å². The van der Waals surface area contributed by atoms with Crippen LogP contribution in [0, 0.1) is 0 Å². The third kappa shape index (κ3) is 2.30. The van der Waals surface area contributed by atoms with Crippen LogP contribution >= 0.6 is 0 Å². The van der Waals surface area contributed by atoms with Crippen molar-refractivity contribution in [3.8, 4) is 0 Å². The molecule has 0 amide bonds. The molecule has 0 radical (unpaired) electrons. The Bertz CT molecular complexity index is 1020. The van der Waals surface area contributed by atoms with E-state index in [4.69, 9.17) is 0 Å². The zero-order valence-electron chi connectivity index (χ0n) is 12.2. The van der Waals surface area contributed by atoms with Crippen LogP contribution in [0.4, 0.5) is 0 Å². The fraction of sp³-hybridized carbons (Fsp3) is 0. The van der Waals surface area contributed by atoms with Gasteiger partial charge < -0.3 is 0 Å². The Morgan fingerprint density at radius 3 is 2.61 bits per heavy atom. The minimum absolute atomic E-state index is 0.704. The van der Waals surface area contributed by atoms with E-state index in [1.165, 1.54) is 0 Å². The van der Waals surface area contributed by atoms with Crippen molar-refractivity contribution in [1.82, 2.24) is 5.43 Å². The molecule has 4 rings (SSSR count). The Kier molecular flexibility index (Phi) is 3.20. The van der Waals surface area contributed by atoms with Crippen LogP contribution in [0.25, 0.3) is 27.2 Å². The van der Waals surface area contributed by atoms with Crippen molar-refractivity contribution < 1.29 is 4.79 Å². The Morgan fingerprint density at radius 1 is 0.957 bits per heavy atom. The van der Waals surface area contributed by atoms with Gasteiger partial charge in [0.1, 0.15) is 0 Å². The van der Waals surface area contributed by atoms with Crippen molar-refractivity contribution in [3.63, 3.8) is 0 Å². The predicted octanol–water partition coefficient (Wildman–Crippen LogP) is 4.63. The van der Waals surface area contributed by atoms with E-state index >= 15 is 0 Å². The Morgan fingerprint density at radius 2 is 1.74 bits per heavy atom. The molecule has 1 N–H and O–H groups in total. The number of nitrogens with zero attached hydrogens (tertiary/aromatic N) is 2. The Hall–Kier alpha value is -3.27. The van der Waals surface area contributed by atoms with E-state index in [2.05, 4.69) is 27.9 Å². The van der Waals surface area contributed by atoms with Crippen molar-refractivity contribution in [2.24, 2.45) is 10.3 Å². The van der Waals surface area contributed by atoms with E-state index in [0.29, 0.717) is 5.56 Å². The molecule has 0 unspecified atom stereocenters. The van der Waals surface area contributed by atoms with Gasteiger partial charge in [-0.05, 0) is 45.8 Å². The fourth-order valence-corrected chi connectivity index (χ4v) is 2.88. The molecule has 0 fully saturated rings. The zero-order chi connectivity index (χ0) is 15.6. The van der Waals surface area contributed by atoms with Gasteiger partial charge in [-0.3, -0.25) is 10.2 Å². The van der Waals surface area contributed by atoms with Crippen LogP contribution in [0.3, 0.4) is 0 Å². The highest BCUT2D eigenvalue weighted by molar-refractivity contribution is 6.07. The van der Waals surface area contributed by atoms with Gasteiger partial charge in [0.05, 0.1) is 5.70 Å². The normalized spacial score (nSPS) is 13.7. The molecule has 0 atom stereocenters. The van der Waals surface area contributed by atoms with Crippen LogP contribution in [0.2, 0.25) is 0 Å². The van der Waals surface area contributed by atoms with E-state index in [-0.39, 0.29) is 0 Å². The molecule has 1 heterocycles. The molecule has 1 aliphatic heterocycles. The molecule has 0 aromatic heterocycles. The summed E-state index contributed by atoms with van der Waals surface area (Å²) in [6, 6.07) is 16.0. The molecular formula is C19H13N3O. The minimum atomic E-state index is 0.704. The second-order valence-electron chi connectivity index (χ2n) is 5.31. The first-order chi connectivity index (χ1) is 11.4. The molecule has 0 saturated carbocycles. The van der Waals surface area contributed by atoms with Crippen LogP contribution < -0.4 is 5.43 Å². The number of allylic oxidation sites excluding steroid dienone is 2. The van der Waals surface area contributed by atoms with Crippen molar-refractivity contribution in [1.29, 1.82) is 0 Å². The first-order valence-electron chi connectivity index (χ1n) is 7.31. The maximum absolute atomic E-state index is 11.3. The summed E-state index contributed by atoms with van der Waals surface area (Å²) in [5, 5.41) is 12.3. The smallest absolute Gasteiger partial charge is 0.150 e. The highest BCUT2D eigenvalue weighted by Crippen LogP contribution is 2.31. The molecular weight excluding hydrogens is 286 g/mol. The fourth-order valence-electron chi connectivity index (χ4n) is 2.88. The summed E-state index contributed by atoms with van der Waals surface area (Å²) in [5.74, 6) is 0. The molecule has 3 aromatic carbocycles. The van der Waals surface area contributed by atoms with E-state index in [9.17, 15) is 4.79 Å². The summed E-state index contributed by atoms with van der Waals surface area (Å²) >= 11 is 0. The number of fused-ring (bicyclic) bond motifs is 2. The van der Waals surface area contributed by atoms with Crippen LogP contribution in [0.1, 0.15) is 15.9 Å². The largest absolute Gasteiger partial charge is 0.298 e. The van der Waals surface area contributed by atoms with E-state index in [0.717, 1.165) is 39.1 Å². The molecule has 0 bridgehead atoms. The lowest BCUT2D eigenvalue weighted by Crippen LogP contribution is -1.89. The lowest BCUT2D eigenvalue weighted by atomic mass is 9.96. The number of nitrogens with one attached hydrogen (secondary N) is 1. The molecule has 23 heavy (non-hydrogen) atoms. The van der Waals surface area contributed by atoms with E-state index in [1.54, 1.807) is 6.20 Å². The van der Waals surface area contributed by atoms with Crippen molar-refractivity contribution in [2.45, 2.75) is 0 Å². The van der Waals surface area contributed by atoms with Gasteiger partial charge in [-0.2, -0.15) is 0 Å². The third-order valence-electron chi connectivity index (χ3n) is 3.96. The Labute approximate surface area is 132 Å². The Balaban J connectivity index is 2.04. The minimum Gasteiger partial charge on any atom is -0.298 e. The van der Waals surface area contributed by atoms with Gasteiger partial charge in [0.15, 0.2) is 6.29 Å². The molecule has 0 spiro atoms. The summed E-state index contributed by atoms with van der Waals surface area (Å²) in [4.78, 5) is 11.3. The summed E-state index contributed by atoms with van der Waals surface area (Å²) in [6.07, 6.45) is 6.42. The quantitative estimate of drug-likeness (QED) is 0.554. The van der Waals surface area contributed by atoms with Crippen molar-refractivity contribution in [2.75, 3.05) is 0 Å².